The predicted molar refractivity (Wildman–Crippen MR) is 84.7 cm³/mol. The van der Waals surface area contributed by atoms with Crippen molar-refractivity contribution in [2.24, 2.45) is 0 Å². The van der Waals surface area contributed by atoms with E-state index < -0.39 is 11.6 Å². The lowest BCUT2D eigenvalue weighted by atomic mass is 10.1. The number of rotatable bonds is 7. The number of hydrogen-bond donors (Lipinski definition) is 2. The van der Waals surface area contributed by atoms with Gasteiger partial charge in [-0.25, -0.2) is 8.78 Å². The molecule has 0 heterocycles. The average molecular weight is 319 g/mol. The van der Waals surface area contributed by atoms with Crippen molar-refractivity contribution in [2.45, 2.75) is 19.4 Å². The summed E-state index contributed by atoms with van der Waals surface area (Å²) in [4.78, 5) is 11.8. The highest BCUT2D eigenvalue weighted by Gasteiger charge is 2.13. The van der Waals surface area contributed by atoms with Crippen LogP contribution in [0.3, 0.4) is 0 Å². The summed E-state index contributed by atoms with van der Waals surface area (Å²) in [7, 11) is 0. The van der Waals surface area contributed by atoms with Crippen LogP contribution in [0.15, 0.2) is 48.5 Å². The van der Waals surface area contributed by atoms with E-state index in [1.165, 1.54) is 17.7 Å². The molecule has 0 spiro atoms. The molecule has 0 fully saturated rings. The molecular weight excluding hydrogens is 298 g/mol. The topological polar surface area (TPSA) is 45.7 Å². The number of hydrogen-bond acceptors (Lipinski definition) is 1. The van der Waals surface area contributed by atoms with E-state index >= 15 is 0 Å². The van der Waals surface area contributed by atoms with Crippen molar-refractivity contribution < 1.29 is 18.9 Å². The Morgan fingerprint density at radius 1 is 1.13 bits per heavy atom. The quantitative estimate of drug-likeness (QED) is 0.805. The summed E-state index contributed by atoms with van der Waals surface area (Å²) in [5.41, 5.74) is 1.83. The van der Waals surface area contributed by atoms with Gasteiger partial charge >= 0.3 is 0 Å². The third kappa shape index (κ3) is 5.45. The molecule has 2 rings (SSSR count). The number of quaternary nitrogens is 1. The van der Waals surface area contributed by atoms with E-state index in [2.05, 4.69) is 5.32 Å². The van der Waals surface area contributed by atoms with Gasteiger partial charge in [0.15, 0.2) is 18.2 Å². The fourth-order valence-corrected chi connectivity index (χ4v) is 2.28. The SMILES string of the molecule is C[C@H]([NH2+]CC(=O)NCCc1ccccc1)c1ccc(F)c(F)c1. The lowest BCUT2D eigenvalue weighted by Crippen LogP contribution is -2.87. The van der Waals surface area contributed by atoms with E-state index in [4.69, 9.17) is 0 Å². The molecule has 2 aromatic carbocycles. The molecule has 1 amide bonds. The fraction of sp³-hybridized carbons (Fsp3) is 0.278. The van der Waals surface area contributed by atoms with Crippen molar-refractivity contribution >= 4 is 5.91 Å². The second kappa shape index (κ2) is 8.39. The van der Waals surface area contributed by atoms with Crippen molar-refractivity contribution in [3.8, 4) is 0 Å². The van der Waals surface area contributed by atoms with Crippen LogP contribution in [0.25, 0.3) is 0 Å². The van der Waals surface area contributed by atoms with E-state index in [-0.39, 0.29) is 18.5 Å². The van der Waals surface area contributed by atoms with Crippen molar-refractivity contribution in [2.75, 3.05) is 13.1 Å². The van der Waals surface area contributed by atoms with Crippen molar-refractivity contribution in [3.63, 3.8) is 0 Å². The van der Waals surface area contributed by atoms with Crippen molar-refractivity contribution in [1.29, 1.82) is 0 Å². The molecule has 0 saturated carbocycles. The van der Waals surface area contributed by atoms with Crippen LogP contribution in [0.5, 0.6) is 0 Å². The van der Waals surface area contributed by atoms with Gasteiger partial charge in [0.25, 0.3) is 5.91 Å². The number of amides is 1. The van der Waals surface area contributed by atoms with Crippen LogP contribution in [0.4, 0.5) is 8.78 Å². The Hall–Kier alpha value is -2.27. The predicted octanol–water partition coefficient (Wildman–Crippen LogP) is 1.95. The van der Waals surface area contributed by atoms with Gasteiger partial charge in [0.1, 0.15) is 6.04 Å². The van der Waals surface area contributed by atoms with Gasteiger partial charge in [-0.1, -0.05) is 30.3 Å². The maximum absolute atomic E-state index is 13.2. The van der Waals surface area contributed by atoms with Gasteiger partial charge in [0.2, 0.25) is 0 Å². The first-order chi connectivity index (χ1) is 11.1. The third-order valence-electron chi connectivity index (χ3n) is 3.70. The second-order valence-electron chi connectivity index (χ2n) is 5.49. The first-order valence-corrected chi connectivity index (χ1v) is 7.65. The first kappa shape index (κ1) is 17.1. The number of carbonyl (C=O) groups excluding carboxylic acids is 1. The minimum atomic E-state index is -0.866. The zero-order valence-electron chi connectivity index (χ0n) is 13.1. The fourth-order valence-electron chi connectivity index (χ4n) is 2.28. The minimum absolute atomic E-state index is 0.0737. The van der Waals surface area contributed by atoms with Gasteiger partial charge in [-0.15, -0.1) is 0 Å². The summed E-state index contributed by atoms with van der Waals surface area (Å²) in [5.74, 6) is -1.80. The van der Waals surface area contributed by atoms with Gasteiger partial charge in [-0.05, 0) is 37.1 Å². The van der Waals surface area contributed by atoms with Crippen LogP contribution in [0.1, 0.15) is 24.1 Å². The van der Waals surface area contributed by atoms with Crippen LogP contribution in [0.2, 0.25) is 0 Å². The highest BCUT2D eigenvalue weighted by molar-refractivity contribution is 5.76. The van der Waals surface area contributed by atoms with Crippen LogP contribution in [-0.2, 0) is 11.2 Å². The van der Waals surface area contributed by atoms with Gasteiger partial charge in [-0.2, -0.15) is 0 Å². The molecule has 0 saturated heterocycles. The Morgan fingerprint density at radius 2 is 1.87 bits per heavy atom. The first-order valence-electron chi connectivity index (χ1n) is 7.65. The Bertz CT molecular complexity index is 647. The molecule has 0 radical (unpaired) electrons. The maximum Gasteiger partial charge on any atom is 0.275 e. The molecule has 1 atom stereocenters. The highest BCUT2D eigenvalue weighted by Crippen LogP contribution is 2.12. The summed E-state index contributed by atoms with van der Waals surface area (Å²) in [6.07, 6.45) is 0.783. The number of benzene rings is 2. The molecule has 122 valence electrons. The molecule has 0 aliphatic carbocycles. The standard InChI is InChI=1S/C18H20F2N2O/c1-13(15-7-8-16(19)17(20)11-15)22-12-18(23)21-10-9-14-5-3-2-4-6-14/h2-8,11,13,22H,9-10,12H2,1H3,(H,21,23)/p+1/t13-/m0/s1. The molecule has 0 unspecified atom stereocenters. The second-order valence-corrected chi connectivity index (χ2v) is 5.49. The molecule has 23 heavy (non-hydrogen) atoms. The van der Waals surface area contributed by atoms with Crippen LogP contribution in [-0.4, -0.2) is 19.0 Å². The zero-order valence-corrected chi connectivity index (χ0v) is 13.1. The van der Waals surface area contributed by atoms with E-state index in [1.807, 2.05) is 37.3 Å². The number of halogens is 2. The number of nitrogens with two attached hydrogens (primary N) is 1. The third-order valence-corrected chi connectivity index (χ3v) is 3.70. The van der Waals surface area contributed by atoms with Crippen molar-refractivity contribution in [1.82, 2.24) is 5.32 Å². The molecule has 3 N–H and O–H groups in total. The van der Waals surface area contributed by atoms with E-state index in [9.17, 15) is 13.6 Å². The van der Waals surface area contributed by atoms with E-state index in [0.717, 1.165) is 12.5 Å². The van der Waals surface area contributed by atoms with E-state index in [1.54, 1.807) is 5.32 Å². The normalized spacial score (nSPS) is 12.0. The average Bonchev–Trinajstić information content (AvgIpc) is 2.56. The Balaban J connectivity index is 1.72. The minimum Gasteiger partial charge on any atom is -0.351 e. The zero-order chi connectivity index (χ0) is 16.7. The summed E-state index contributed by atoms with van der Waals surface area (Å²) in [5, 5.41) is 4.65. The Morgan fingerprint density at radius 3 is 2.57 bits per heavy atom. The number of nitrogens with one attached hydrogen (secondary N) is 1. The molecular formula is C18H21F2N2O+. The van der Waals surface area contributed by atoms with Gasteiger partial charge in [0, 0.05) is 12.1 Å². The largest absolute Gasteiger partial charge is 0.351 e. The molecule has 0 aliphatic rings. The van der Waals surface area contributed by atoms with Crippen molar-refractivity contribution in [3.05, 3.63) is 71.3 Å². The maximum atomic E-state index is 13.2. The van der Waals surface area contributed by atoms with Crippen LogP contribution >= 0.6 is 0 Å². The summed E-state index contributed by atoms with van der Waals surface area (Å²) >= 11 is 0. The van der Waals surface area contributed by atoms with Gasteiger partial charge in [-0.3, -0.25) is 4.79 Å². The van der Waals surface area contributed by atoms with Crippen LogP contribution < -0.4 is 10.6 Å². The Labute approximate surface area is 134 Å². The lowest BCUT2D eigenvalue weighted by molar-refractivity contribution is -0.682. The molecule has 0 aliphatic heterocycles. The van der Waals surface area contributed by atoms with Crippen LogP contribution in [0, 0.1) is 11.6 Å². The molecule has 3 nitrogen and oxygen atoms in total. The monoisotopic (exact) mass is 319 g/mol. The molecule has 5 heteroatoms. The summed E-state index contributed by atoms with van der Waals surface area (Å²) < 4.78 is 26.1. The summed E-state index contributed by atoms with van der Waals surface area (Å²) in [6, 6.07) is 13.6. The highest BCUT2D eigenvalue weighted by atomic mass is 19.2. The molecule has 2 aromatic rings. The van der Waals surface area contributed by atoms with E-state index in [0.29, 0.717) is 12.1 Å². The van der Waals surface area contributed by atoms with Gasteiger partial charge < -0.3 is 10.6 Å². The van der Waals surface area contributed by atoms with Gasteiger partial charge in [0.05, 0.1) is 0 Å². The Kier molecular flexibility index (Phi) is 6.23. The summed E-state index contributed by atoms with van der Waals surface area (Å²) in [6.45, 7) is 2.68. The lowest BCUT2D eigenvalue weighted by Gasteiger charge is -2.11. The smallest absolute Gasteiger partial charge is 0.275 e. The molecule has 0 aromatic heterocycles. The molecule has 0 bridgehead atoms. The number of carbonyl (C=O) groups is 1.